The van der Waals surface area contributed by atoms with E-state index in [9.17, 15) is 18.0 Å². The molecule has 0 unspecified atom stereocenters. The van der Waals surface area contributed by atoms with Gasteiger partial charge in [-0.15, -0.1) is 11.3 Å². The number of fused-ring (bicyclic) bond motifs is 1. The molecule has 0 bridgehead atoms. The van der Waals surface area contributed by atoms with Crippen molar-refractivity contribution in [3.63, 3.8) is 0 Å². The van der Waals surface area contributed by atoms with Gasteiger partial charge in [0.25, 0.3) is 0 Å². The van der Waals surface area contributed by atoms with E-state index in [1.807, 2.05) is 24.5 Å². The van der Waals surface area contributed by atoms with Gasteiger partial charge in [0.2, 0.25) is 5.01 Å². The highest BCUT2D eigenvalue weighted by Crippen LogP contribution is 2.27. The topological polar surface area (TPSA) is 105 Å². The minimum absolute atomic E-state index is 0.385. The van der Waals surface area contributed by atoms with Gasteiger partial charge in [0, 0.05) is 42.9 Å². The van der Waals surface area contributed by atoms with Gasteiger partial charge < -0.3 is 20.1 Å². The number of carbonyl (C=O) groups excluding carboxylic acids is 1. The Morgan fingerprint density at radius 2 is 1.82 bits per heavy atom. The van der Waals surface area contributed by atoms with Gasteiger partial charge in [-0.25, -0.2) is 14.6 Å². The van der Waals surface area contributed by atoms with Crippen LogP contribution in [0, 0.1) is 0 Å². The predicted octanol–water partition coefficient (Wildman–Crippen LogP) is 4.19. The van der Waals surface area contributed by atoms with Crippen LogP contribution >= 0.6 is 11.3 Å². The monoisotopic (exact) mass is 482 g/mol. The quantitative estimate of drug-likeness (QED) is 0.534. The van der Waals surface area contributed by atoms with Crippen LogP contribution in [0.3, 0.4) is 0 Å². The molecule has 4 rings (SSSR count). The Morgan fingerprint density at radius 3 is 2.39 bits per heavy atom. The number of halogens is 3. The Kier molecular flexibility index (Phi) is 7.69. The average molecular weight is 482 g/mol. The van der Waals surface area contributed by atoms with Crippen molar-refractivity contribution in [3.8, 4) is 0 Å². The second kappa shape index (κ2) is 10.5. The van der Waals surface area contributed by atoms with Crippen molar-refractivity contribution < 1.29 is 32.6 Å². The zero-order chi connectivity index (χ0) is 24.0. The van der Waals surface area contributed by atoms with Gasteiger partial charge >= 0.3 is 18.1 Å². The van der Waals surface area contributed by atoms with E-state index in [1.165, 1.54) is 24.1 Å². The van der Waals surface area contributed by atoms with E-state index in [0.717, 1.165) is 41.8 Å². The molecule has 1 fully saturated rings. The second-order valence-corrected chi connectivity index (χ2v) is 8.14. The van der Waals surface area contributed by atoms with Gasteiger partial charge in [-0.1, -0.05) is 0 Å². The molecule has 3 heterocycles. The fraction of sp³-hybridized carbons (Fsp3) is 0.333. The summed E-state index contributed by atoms with van der Waals surface area (Å²) in [5.41, 5.74) is 3.13. The number of ether oxygens (including phenoxy) is 1. The van der Waals surface area contributed by atoms with Gasteiger partial charge in [0.05, 0.1) is 17.3 Å². The van der Waals surface area contributed by atoms with E-state index in [-0.39, 0.29) is 5.97 Å². The highest BCUT2D eigenvalue weighted by Gasteiger charge is 2.38. The molecule has 0 radical (unpaired) electrons. The Bertz CT molecular complexity index is 1100. The minimum Gasteiger partial charge on any atom is -0.475 e. The molecule has 8 nitrogen and oxygen atoms in total. The number of aromatic nitrogens is 2. The van der Waals surface area contributed by atoms with E-state index in [4.69, 9.17) is 14.6 Å². The molecule has 0 spiro atoms. The van der Waals surface area contributed by atoms with Crippen molar-refractivity contribution in [2.24, 2.45) is 0 Å². The summed E-state index contributed by atoms with van der Waals surface area (Å²) in [4.78, 5) is 31.3. The molecule has 3 aromatic rings. The Labute approximate surface area is 191 Å². The third kappa shape index (κ3) is 6.54. The molecule has 2 N–H and O–H groups in total. The van der Waals surface area contributed by atoms with Gasteiger partial charge in [-0.2, -0.15) is 13.2 Å². The Hall–Kier alpha value is -3.41. The maximum atomic E-state index is 11.6. The number of piperidine rings is 1. The van der Waals surface area contributed by atoms with Crippen LogP contribution in [0.25, 0.3) is 10.2 Å². The van der Waals surface area contributed by atoms with E-state index in [0.29, 0.717) is 11.0 Å². The third-order valence-electron chi connectivity index (χ3n) is 4.88. The molecule has 0 aliphatic carbocycles. The van der Waals surface area contributed by atoms with Gasteiger partial charge in [0.1, 0.15) is 0 Å². The minimum atomic E-state index is -5.08. The summed E-state index contributed by atoms with van der Waals surface area (Å²) in [6.45, 7) is 2.05. The first kappa shape index (κ1) is 24.2. The molecule has 33 heavy (non-hydrogen) atoms. The number of rotatable bonds is 4. The number of nitrogens with one attached hydrogen (secondary N) is 1. The lowest BCUT2D eigenvalue weighted by atomic mass is 10.0. The molecular weight excluding hydrogens is 461 g/mol. The molecule has 12 heteroatoms. The number of anilines is 2. The average Bonchev–Trinajstić information content (AvgIpc) is 3.23. The summed E-state index contributed by atoms with van der Waals surface area (Å²) in [5.74, 6) is -3.14. The fourth-order valence-electron chi connectivity index (χ4n) is 3.26. The molecule has 1 saturated heterocycles. The molecule has 1 aromatic carbocycles. The van der Waals surface area contributed by atoms with Crippen LogP contribution < -0.4 is 10.2 Å². The van der Waals surface area contributed by atoms with Crippen LogP contribution in [0.5, 0.6) is 0 Å². The van der Waals surface area contributed by atoms with Crippen LogP contribution in [-0.2, 0) is 9.53 Å². The number of hydrogen-bond donors (Lipinski definition) is 2. The summed E-state index contributed by atoms with van der Waals surface area (Å²) in [7, 11) is 1.37. The smallest absolute Gasteiger partial charge is 0.475 e. The van der Waals surface area contributed by atoms with E-state index >= 15 is 0 Å². The summed E-state index contributed by atoms with van der Waals surface area (Å²) in [6, 6.07) is 10.6. The number of hydrogen-bond acceptors (Lipinski definition) is 8. The summed E-state index contributed by atoms with van der Waals surface area (Å²) < 4.78 is 37.5. The van der Waals surface area contributed by atoms with Crippen LogP contribution in [-0.4, -0.2) is 59.4 Å². The molecule has 176 valence electrons. The van der Waals surface area contributed by atoms with E-state index in [1.54, 1.807) is 0 Å². The SMILES string of the molecule is COC(=O)c1nc2ccc(NC3CCN(c4ccncc4)CC3)cc2s1.O=C(O)C(F)(F)F. The highest BCUT2D eigenvalue weighted by molar-refractivity contribution is 7.20. The van der Waals surface area contributed by atoms with Crippen LogP contribution in [0.15, 0.2) is 42.7 Å². The van der Waals surface area contributed by atoms with Gasteiger partial charge in [0.15, 0.2) is 0 Å². The number of carboxylic acids is 1. The lowest BCUT2D eigenvalue weighted by Crippen LogP contribution is -2.39. The standard InChI is InChI=1S/C19H20N4O2S.C2HF3O2/c1-25-19(24)18-22-16-3-2-14(12-17(16)26-18)21-13-6-10-23(11-7-13)15-4-8-20-9-5-15;3-2(4,5)1(6)7/h2-5,8-9,12-13,21H,6-7,10-11H2,1H3;(H,6,7). The third-order valence-corrected chi connectivity index (χ3v) is 5.88. The number of esters is 1. The largest absolute Gasteiger partial charge is 0.490 e. The molecule has 0 amide bonds. The van der Waals surface area contributed by atoms with E-state index < -0.39 is 12.1 Å². The number of pyridine rings is 1. The first-order valence-corrected chi connectivity index (χ1v) is 10.7. The molecule has 2 aromatic heterocycles. The number of carbonyl (C=O) groups is 2. The molecule has 0 atom stereocenters. The zero-order valence-electron chi connectivity index (χ0n) is 17.5. The second-order valence-electron chi connectivity index (χ2n) is 7.11. The van der Waals surface area contributed by atoms with Crippen LogP contribution in [0.4, 0.5) is 24.5 Å². The first-order valence-electron chi connectivity index (χ1n) is 9.88. The number of nitrogens with zero attached hydrogens (tertiary/aromatic N) is 3. The van der Waals surface area contributed by atoms with Crippen molar-refractivity contribution in [1.82, 2.24) is 9.97 Å². The van der Waals surface area contributed by atoms with E-state index in [2.05, 4.69) is 38.4 Å². The first-order chi connectivity index (χ1) is 15.7. The van der Waals surface area contributed by atoms with Crippen molar-refractivity contribution >= 4 is 44.9 Å². The molecular formula is C21H21F3N4O4S. The van der Waals surface area contributed by atoms with Gasteiger partial charge in [-0.05, 0) is 43.2 Å². The lowest BCUT2D eigenvalue weighted by Gasteiger charge is -2.34. The van der Waals surface area contributed by atoms with Crippen molar-refractivity contribution in [3.05, 3.63) is 47.7 Å². The van der Waals surface area contributed by atoms with Crippen molar-refractivity contribution in [2.45, 2.75) is 25.1 Å². The number of thiazole rings is 1. The fourth-order valence-corrected chi connectivity index (χ4v) is 4.18. The number of carboxylic acid groups (broad SMARTS) is 1. The maximum Gasteiger partial charge on any atom is 0.490 e. The molecule has 1 aliphatic heterocycles. The Morgan fingerprint density at radius 1 is 1.18 bits per heavy atom. The number of benzene rings is 1. The van der Waals surface area contributed by atoms with Gasteiger partial charge in [-0.3, -0.25) is 4.98 Å². The predicted molar refractivity (Wildman–Crippen MR) is 118 cm³/mol. The highest BCUT2D eigenvalue weighted by atomic mass is 32.1. The number of alkyl halides is 3. The lowest BCUT2D eigenvalue weighted by molar-refractivity contribution is -0.192. The van der Waals surface area contributed by atoms with Crippen molar-refractivity contribution in [2.75, 3.05) is 30.4 Å². The zero-order valence-corrected chi connectivity index (χ0v) is 18.3. The summed E-state index contributed by atoms with van der Waals surface area (Å²) >= 11 is 1.36. The summed E-state index contributed by atoms with van der Waals surface area (Å²) in [6.07, 6.45) is 0.756. The normalized spacial score (nSPS) is 14.4. The Balaban J connectivity index is 0.000000383. The van der Waals surface area contributed by atoms with Crippen LogP contribution in [0.1, 0.15) is 22.6 Å². The summed E-state index contributed by atoms with van der Waals surface area (Å²) in [5, 5.41) is 11.1. The van der Waals surface area contributed by atoms with Crippen molar-refractivity contribution in [1.29, 1.82) is 0 Å². The molecule has 0 saturated carbocycles. The maximum absolute atomic E-state index is 11.6. The molecule has 1 aliphatic rings. The number of aliphatic carboxylic acids is 1. The van der Waals surface area contributed by atoms with Crippen LogP contribution in [0.2, 0.25) is 0 Å². The number of methoxy groups -OCH3 is 1.